The van der Waals surface area contributed by atoms with Gasteiger partial charge in [0.25, 0.3) is 0 Å². The lowest BCUT2D eigenvalue weighted by molar-refractivity contribution is -0.187. The second-order valence-electron chi connectivity index (χ2n) is 4.97. The summed E-state index contributed by atoms with van der Waals surface area (Å²) >= 11 is 5.75. The molecule has 1 aliphatic heterocycles. The van der Waals surface area contributed by atoms with Crippen molar-refractivity contribution in [3.05, 3.63) is 34.9 Å². The average molecular weight is 335 g/mol. The highest BCUT2D eigenvalue weighted by atomic mass is 35.5. The molecule has 2 rings (SSSR count). The number of amides is 2. The predicted molar refractivity (Wildman–Crippen MR) is 74.4 cm³/mol. The van der Waals surface area contributed by atoms with Gasteiger partial charge in [0.15, 0.2) is 0 Å². The minimum atomic E-state index is -4.87. The van der Waals surface area contributed by atoms with E-state index >= 15 is 0 Å². The normalized spacial score (nSPS) is 15.8. The minimum Gasteiger partial charge on any atom is -0.339 e. The van der Waals surface area contributed by atoms with Gasteiger partial charge >= 0.3 is 12.1 Å². The maximum atomic E-state index is 12.3. The zero-order valence-electron chi connectivity index (χ0n) is 11.6. The molecule has 2 amide bonds. The van der Waals surface area contributed by atoms with Crippen molar-refractivity contribution in [2.45, 2.75) is 12.6 Å². The fraction of sp³-hybridized carbons (Fsp3) is 0.429. The first-order valence-corrected chi connectivity index (χ1v) is 7.03. The third kappa shape index (κ3) is 4.13. The molecule has 0 unspecified atom stereocenters. The highest BCUT2D eigenvalue weighted by Gasteiger charge is 2.43. The van der Waals surface area contributed by atoms with E-state index in [4.69, 9.17) is 11.6 Å². The second-order valence-corrected chi connectivity index (χ2v) is 5.41. The van der Waals surface area contributed by atoms with Crippen LogP contribution in [-0.2, 0) is 16.0 Å². The summed E-state index contributed by atoms with van der Waals surface area (Å²) in [6.45, 7) is -0.00209. The molecule has 1 saturated heterocycles. The van der Waals surface area contributed by atoms with Gasteiger partial charge in [0, 0.05) is 31.2 Å². The van der Waals surface area contributed by atoms with E-state index in [1.54, 1.807) is 24.3 Å². The van der Waals surface area contributed by atoms with Gasteiger partial charge in [-0.3, -0.25) is 9.59 Å². The molecule has 1 aromatic carbocycles. The van der Waals surface area contributed by atoms with Crippen LogP contribution in [0.5, 0.6) is 0 Å². The Bertz CT molecular complexity index is 552. The monoisotopic (exact) mass is 334 g/mol. The van der Waals surface area contributed by atoms with E-state index in [2.05, 4.69) is 0 Å². The number of hydrogen-bond donors (Lipinski definition) is 0. The standard InChI is InChI=1S/C14H14ClF3N2O2/c15-11-3-1-10(2-4-11)9-12(21)19-5-7-20(8-6-19)13(22)14(16,17)18/h1-4H,5-9H2. The lowest BCUT2D eigenvalue weighted by atomic mass is 10.1. The van der Waals surface area contributed by atoms with E-state index in [0.717, 1.165) is 10.5 Å². The molecule has 0 aromatic heterocycles. The summed E-state index contributed by atoms with van der Waals surface area (Å²) in [5.41, 5.74) is 0.781. The molecule has 120 valence electrons. The van der Waals surface area contributed by atoms with Crippen molar-refractivity contribution in [2.75, 3.05) is 26.2 Å². The van der Waals surface area contributed by atoms with Crippen LogP contribution < -0.4 is 0 Å². The van der Waals surface area contributed by atoms with Crippen molar-refractivity contribution in [3.63, 3.8) is 0 Å². The quantitative estimate of drug-likeness (QED) is 0.831. The van der Waals surface area contributed by atoms with Gasteiger partial charge in [0.1, 0.15) is 0 Å². The molecule has 0 radical (unpaired) electrons. The summed E-state index contributed by atoms with van der Waals surface area (Å²) in [7, 11) is 0. The largest absolute Gasteiger partial charge is 0.471 e. The lowest BCUT2D eigenvalue weighted by Gasteiger charge is -2.35. The Morgan fingerprint density at radius 1 is 1.00 bits per heavy atom. The maximum Gasteiger partial charge on any atom is 0.471 e. The average Bonchev–Trinajstić information content (AvgIpc) is 2.48. The SMILES string of the molecule is O=C(Cc1ccc(Cl)cc1)N1CCN(C(=O)C(F)(F)F)CC1. The van der Waals surface area contributed by atoms with Gasteiger partial charge in [-0.25, -0.2) is 0 Å². The van der Waals surface area contributed by atoms with Crippen LogP contribution in [0.1, 0.15) is 5.56 Å². The zero-order chi connectivity index (χ0) is 16.3. The van der Waals surface area contributed by atoms with Crippen LogP contribution in [0.3, 0.4) is 0 Å². The van der Waals surface area contributed by atoms with E-state index < -0.39 is 12.1 Å². The van der Waals surface area contributed by atoms with Crippen molar-refractivity contribution >= 4 is 23.4 Å². The van der Waals surface area contributed by atoms with Gasteiger partial charge in [0.2, 0.25) is 5.91 Å². The van der Waals surface area contributed by atoms with Crippen molar-refractivity contribution in [3.8, 4) is 0 Å². The number of hydrogen-bond acceptors (Lipinski definition) is 2. The first kappa shape index (κ1) is 16.6. The number of alkyl halides is 3. The van der Waals surface area contributed by atoms with Crippen LogP contribution in [0.2, 0.25) is 5.02 Å². The third-order valence-corrected chi connectivity index (χ3v) is 3.68. The van der Waals surface area contributed by atoms with Crippen LogP contribution in [0, 0.1) is 0 Å². The smallest absolute Gasteiger partial charge is 0.339 e. The predicted octanol–water partition coefficient (Wildman–Crippen LogP) is 2.12. The zero-order valence-corrected chi connectivity index (χ0v) is 12.3. The molecule has 1 heterocycles. The van der Waals surface area contributed by atoms with E-state index in [1.165, 1.54) is 4.90 Å². The molecule has 0 saturated carbocycles. The van der Waals surface area contributed by atoms with Crippen LogP contribution in [0.4, 0.5) is 13.2 Å². The topological polar surface area (TPSA) is 40.6 Å². The highest BCUT2D eigenvalue weighted by Crippen LogP contribution is 2.19. The summed E-state index contributed by atoms with van der Waals surface area (Å²) in [5, 5.41) is 0.565. The van der Waals surface area contributed by atoms with Crippen molar-refractivity contribution in [1.29, 1.82) is 0 Å². The summed E-state index contributed by atoms with van der Waals surface area (Å²) in [6.07, 6.45) is -4.71. The number of carbonyl (C=O) groups is 2. The van der Waals surface area contributed by atoms with Gasteiger partial charge in [-0.15, -0.1) is 0 Å². The van der Waals surface area contributed by atoms with E-state index in [9.17, 15) is 22.8 Å². The number of piperazine rings is 1. The van der Waals surface area contributed by atoms with E-state index in [-0.39, 0.29) is 38.5 Å². The van der Waals surface area contributed by atoms with Crippen molar-refractivity contribution in [1.82, 2.24) is 9.80 Å². The Morgan fingerprint density at radius 3 is 2.00 bits per heavy atom. The Kier molecular flexibility index (Phi) is 4.95. The number of rotatable bonds is 2. The molecule has 1 aliphatic rings. The molecule has 1 aromatic rings. The summed E-state index contributed by atoms with van der Waals surface area (Å²) in [5.74, 6) is -2.03. The van der Waals surface area contributed by atoms with E-state index in [0.29, 0.717) is 5.02 Å². The Labute approximate surface area is 130 Å². The Hall–Kier alpha value is -1.76. The van der Waals surface area contributed by atoms with Gasteiger partial charge in [-0.2, -0.15) is 13.2 Å². The first-order chi connectivity index (χ1) is 10.3. The molecular formula is C14H14ClF3N2O2. The molecule has 0 bridgehead atoms. The van der Waals surface area contributed by atoms with Gasteiger partial charge in [0.05, 0.1) is 6.42 Å². The molecule has 8 heteroatoms. The summed E-state index contributed by atoms with van der Waals surface area (Å²) in [4.78, 5) is 25.4. The molecule has 1 fully saturated rings. The fourth-order valence-corrected chi connectivity index (χ4v) is 2.35. The first-order valence-electron chi connectivity index (χ1n) is 6.65. The van der Waals surface area contributed by atoms with E-state index in [1.807, 2.05) is 0 Å². The molecular weight excluding hydrogens is 321 g/mol. The molecule has 0 atom stereocenters. The number of nitrogens with zero attached hydrogens (tertiary/aromatic N) is 2. The highest BCUT2D eigenvalue weighted by molar-refractivity contribution is 6.30. The van der Waals surface area contributed by atoms with Crippen LogP contribution in [0.15, 0.2) is 24.3 Å². The Balaban J connectivity index is 1.87. The fourth-order valence-electron chi connectivity index (χ4n) is 2.23. The van der Waals surface area contributed by atoms with Gasteiger partial charge < -0.3 is 9.80 Å². The minimum absolute atomic E-state index is 0.105. The molecule has 0 N–H and O–H groups in total. The van der Waals surface area contributed by atoms with Crippen molar-refractivity contribution < 1.29 is 22.8 Å². The molecule has 4 nitrogen and oxygen atoms in total. The van der Waals surface area contributed by atoms with Gasteiger partial charge in [-0.1, -0.05) is 23.7 Å². The third-order valence-electron chi connectivity index (χ3n) is 3.43. The van der Waals surface area contributed by atoms with Crippen LogP contribution >= 0.6 is 11.6 Å². The summed E-state index contributed by atoms with van der Waals surface area (Å²) in [6, 6.07) is 6.79. The number of halogens is 4. The Morgan fingerprint density at radius 2 is 1.50 bits per heavy atom. The maximum absolute atomic E-state index is 12.3. The molecule has 0 spiro atoms. The number of benzene rings is 1. The lowest BCUT2D eigenvalue weighted by Crippen LogP contribution is -2.53. The number of carbonyl (C=O) groups excluding carboxylic acids is 2. The molecule has 0 aliphatic carbocycles. The van der Waals surface area contributed by atoms with Gasteiger partial charge in [-0.05, 0) is 17.7 Å². The van der Waals surface area contributed by atoms with Crippen LogP contribution in [0.25, 0.3) is 0 Å². The van der Waals surface area contributed by atoms with Crippen LogP contribution in [-0.4, -0.2) is 54.0 Å². The summed E-state index contributed by atoms with van der Waals surface area (Å²) < 4.78 is 37.0. The second kappa shape index (κ2) is 6.56. The molecule has 22 heavy (non-hydrogen) atoms. The van der Waals surface area contributed by atoms with Crippen molar-refractivity contribution in [2.24, 2.45) is 0 Å².